The largest absolute Gasteiger partial charge is 0.392 e. The topological polar surface area (TPSA) is 61.4 Å². The van der Waals surface area contributed by atoms with Gasteiger partial charge in [-0.2, -0.15) is 0 Å². The summed E-state index contributed by atoms with van der Waals surface area (Å²) in [6.07, 6.45) is 0. The normalized spacial score (nSPS) is 11.8. The lowest BCUT2D eigenvalue weighted by Gasteiger charge is -2.17. The molecule has 0 aliphatic carbocycles. The van der Waals surface area contributed by atoms with Gasteiger partial charge in [-0.05, 0) is 35.7 Å². The van der Waals surface area contributed by atoms with Gasteiger partial charge in [0.1, 0.15) is 5.82 Å². The summed E-state index contributed by atoms with van der Waals surface area (Å²) in [4.78, 5) is 12.0. The van der Waals surface area contributed by atoms with E-state index in [0.717, 1.165) is 11.1 Å². The molecule has 1 atom stereocenters. The van der Waals surface area contributed by atoms with Crippen LogP contribution < -0.4 is 10.6 Å². The van der Waals surface area contributed by atoms with Crippen molar-refractivity contribution in [3.8, 4) is 0 Å². The average Bonchev–Trinajstić information content (AvgIpc) is 2.53. The molecule has 2 aromatic carbocycles. The molecule has 3 N–H and O–H groups in total. The molecule has 0 saturated carbocycles. The van der Waals surface area contributed by atoms with Crippen molar-refractivity contribution >= 4 is 17.6 Å². The number of aliphatic hydroxyl groups is 1. The number of hydrogen-bond acceptors (Lipinski definition) is 2. The first-order chi connectivity index (χ1) is 11.0. The fourth-order valence-corrected chi connectivity index (χ4v) is 2.57. The molecule has 0 fully saturated rings. The average molecular weight is 337 g/mol. The zero-order chi connectivity index (χ0) is 16.8. The van der Waals surface area contributed by atoms with E-state index in [2.05, 4.69) is 10.6 Å². The molecular formula is C17H18ClFN2O2. The van der Waals surface area contributed by atoms with Gasteiger partial charge >= 0.3 is 6.03 Å². The molecule has 0 aliphatic heterocycles. The zero-order valence-electron chi connectivity index (χ0n) is 12.6. The number of aliphatic hydroxyl groups excluding tert-OH is 1. The number of rotatable bonds is 5. The fourth-order valence-electron chi connectivity index (χ4n) is 2.24. The second-order valence-corrected chi connectivity index (χ2v) is 5.55. The van der Waals surface area contributed by atoms with Gasteiger partial charge in [0.25, 0.3) is 0 Å². The molecule has 0 spiro atoms. The van der Waals surface area contributed by atoms with Crippen LogP contribution in [0, 0.1) is 5.82 Å². The number of hydrogen-bond donors (Lipinski definition) is 3. The van der Waals surface area contributed by atoms with E-state index in [9.17, 15) is 14.3 Å². The van der Waals surface area contributed by atoms with Gasteiger partial charge in [-0.25, -0.2) is 9.18 Å². The van der Waals surface area contributed by atoms with E-state index in [-0.39, 0.29) is 23.7 Å². The van der Waals surface area contributed by atoms with Gasteiger partial charge in [-0.15, -0.1) is 0 Å². The van der Waals surface area contributed by atoms with E-state index in [4.69, 9.17) is 11.6 Å². The summed E-state index contributed by atoms with van der Waals surface area (Å²) in [5.74, 6) is -0.420. The lowest BCUT2D eigenvalue weighted by Crippen LogP contribution is -2.36. The van der Waals surface area contributed by atoms with E-state index >= 15 is 0 Å². The maximum Gasteiger partial charge on any atom is 0.315 e. The van der Waals surface area contributed by atoms with Gasteiger partial charge in [-0.3, -0.25) is 0 Å². The highest BCUT2D eigenvalue weighted by atomic mass is 35.5. The van der Waals surface area contributed by atoms with Gasteiger partial charge in [-0.1, -0.05) is 41.9 Å². The third-order valence-electron chi connectivity index (χ3n) is 3.50. The van der Waals surface area contributed by atoms with Crippen molar-refractivity contribution in [1.29, 1.82) is 0 Å². The first-order valence-corrected chi connectivity index (χ1v) is 7.56. The number of urea groups is 1. The van der Waals surface area contributed by atoms with Crippen LogP contribution in [0.15, 0.2) is 42.5 Å². The molecule has 2 aromatic rings. The Hall–Kier alpha value is -2.11. The second kappa shape index (κ2) is 7.94. The van der Waals surface area contributed by atoms with E-state index in [1.165, 1.54) is 12.1 Å². The molecule has 2 amide bonds. The van der Waals surface area contributed by atoms with Gasteiger partial charge < -0.3 is 15.7 Å². The number of nitrogens with one attached hydrogen (secondary N) is 2. The highest BCUT2D eigenvalue weighted by Gasteiger charge is 2.13. The zero-order valence-corrected chi connectivity index (χ0v) is 13.4. The monoisotopic (exact) mass is 336 g/mol. The Morgan fingerprint density at radius 1 is 1.26 bits per heavy atom. The third kappa shape index (κ3) is 4.68. The molecule has 23 heavy (non-hydrogen) atoms. The van der Waals surface area contributed by atoms with Gasteiger partial charge in [0.05, 0.1) is 12.6 Å². The Kier molecular flexibility index (Phi) is 5.96. The SMILES string of the molecule is CC(NC(=O)NCc1ccccc1CO)c1ccc(F)cc1Cl. The standard InChI is InChI=1S/C17H18ClFN2O2/c1-11(15-7-6-14(19)8-16(15)18)21-17(23)20-9-12-4-2-3-5-13(12)10-22/h2-8,11,22H,9-10H2,1H3,(H2,20,21,23). The summed E-state index contributed by atoms with van der Waals surface area (Å²) in [7, 11) is 0. The quantitative estimate of drug-likeness (QED) is 0.782. The van der Waals surface area contributed by atoms with Crippen molar-refractivity contribution in [3.05, 3.63) is 70.0 Å². The number of benzene rings is 2. The predicted molar refractivity (Wildman–Crippen MR) is 87.6 cm³/mol. The van der Waals surface area contributed by atoms with Crippen LogP contribution in [0.2, 0.25) is 5.02 Å². The smallest absolute Gasteiger partial charge is 0.315 e. The molecule has 4 nitrogen and oxygen atoms in total. The maximum absolute atomic E-state index is 13.0. The molecule has 6 heteroatoms. The van der Waals surface area contributed by atoms with Crippen LogP contribution in [0.3, 0.4) is 0 Å². The summed E-state index contributed by atoms with van der Waals surface area (Å²) in [5.41, 5.74) is 2.25. The second-order valence-electron chi connectivity index (χ2n) is 5.14. The number of carbonyl (C=O) groups excluding carboxylic acids is 1. The summed E-state index contributed by atoms with van der Waals surface area (Å²) >= 11 is 5.98. The number of halogens is 2. The van der Waals surface area contributed by atoms with Crippen LogP contribution in [-0.4, -0.2) is 11.1 Å². The van der Waals surface area contributed by atoms with E-state index < -0.39 is 5.82 Å². The Labute approximate surface area is 139 Å². The first kappa shape index (κ1) is 17.2. The van der Waals surface area contributed by atoms with Crippen molar-refractivity contribution in [1.82, 2.24) is 10.6 Å². The van der Waals surface area contributed by atoms with Crippen LogP contribution >= 0.6 is 11.6 Å². The fraction of sp³-hybridized carbons (Fsp3) is 0.235. The van der Waals surface area contributed by atoms with Gasteiger partial charge in [0.2, 0.25) is 0 Å². The van der Waals surface area contributed by atoms with Crippen LogP contribution in [0.1, 0.15) is 29.7 Å². The van der Waals surface area contributed by atoms with Crippen molar-refractivity contribution in [2.75, 3.05) is 0 Å². The Morgan fingerprint density at radius 3 is 2.61 bits per heavy atom. The lowest BCUT2D eigenvalue weighted by molar-refractivity contribution is 0.237. The molecule has 0 heterocycles. The Bertz CT molecular complexity index is 694. The van der Waals surface area contributed by atoms with E-state index in [1.54, 1.807) is 19.1 Å². The van der Waals surface area contributed by atoms with Crippen molar-refractivity contribution in [2.24, 2.45) is 0 Å². The van der Waals surface area contributed by atoms with E-state index in [1.807, 2.05) is 18.2 Å². The summed E-state index contributed by atoms with van der Waals surface area (Å²) in [6, 6.07) is 10.6. The molecule has 0 bridgehead atoms. The molecule has 0 radical (unpaired) electrons. The Morgan fingerprint density at radius 2 is 1.96 bits per heavy atom. The number of carbonyl (C=O) groups is 1. The van der Waals surface area contributed by atoms with Crippen LogP contribution in [0.5, 0.6) is 0 Å². The molecule has 0 aromatic heterocycles. The summed E-state index contributed by atoms with van der Waals surface area (Å²) in [6.45, 7) is 1.98. The molecule has 1 unspecified atom stereocenters. The Balaban J connectivity index is 1.94. The third-order valence-corrected chi connectivity index (χ3v) is 3.83. The van der Waals surface area contributed by atoms with Crippen molar-refractivity contribution < 1.29 is 14.3 Å². The van der Waals surface area contributed by atoms with Crippen LogP contribution in [-0.2, 0) is 13.2 Å². The summed E-state index contributed by atoms with van der Waals surface area (Å²) < 4.78 is 13.0. The predicted octanol–water partition coefficient (Wildman–Crippen LogP) is 3.53. The minimum absolute atomic E-state index is 0.0823. The molecular weight excluding hydrogens is 319 g/mol. The molecule has 0 saturated heterocycles. The molecule has 0 aliphatic rings. The van der Waals surface area contributed by atoms with Crippen LogP contribution in [0.25, 0.3) is 0 Å². The highest BCUT2D eigenvalue weighted by Crippen LogP contribution is 2.23. The van der Waals surface area contributed by atoms with Gasteiger partial charge in [0, 0.05) is 11.6 Å². The maximum atomic E-state index is 13.0. The lowest BCUT2D eigenvalue weighted by atomic mass is 10.1. The first-order valence-electron chi connectivity index (χ1n) is 7.18. The molecule has 2 rings (SSSR count). The van der Waals surface area contributed by atoms with E-state index in [0.29, 0.717) is 12.1 Å². The highest BCUT2D eigenvalue weighted by molar-refractivity contribution is 6.31. The summed E-state index contributed by atoms with van der Waals surface area (Å²) in [5, 5.41) is 15.0. The van der Waals surface area contributed by atoms with Crippen molar-refractivity contribution in [2.45, 2.75) is 26.1 Å². The van der Waals surface area contributed by atoms with Crippen molar-refractivity contribution in [3.63, 3.8) is 0 Å². The van der Waals surface area contributed by atoms with Crippen LogP contribution in [0.4, 0.5) is 9.18 Å². The van der Waals surface area contributed by atoms with Gasteiger partial charge in [0.15, 0.2) is 0 Å². The molecule has 122 valence electrons. The number of amides is 2. The minimum atomic E-state index is -0.420. The minimum Gasteiger partial charge on any atom is -0.392 e.